The highest BCUT2D eigenvalue weighted by atomic mass is 79.9. The lowest BCUT2D eigenvalue weighted by Gasteiger charge is -2.30. The van der Waals surface area contributed by atoms with E-state index in [9.17, 15) is 19.8 Å². The molecule has 2 rings (SSSR count). The third kappa shape index (κ3) is 4.78. The SMILES string of the molecule is C[C@@H](NC(=O)[C@@H](O)[C@H](O)C(=O)N1CCCCC1)c1ccc(Br)cc1. The lowest BCUT2D eigenvalue weighted by Crippen LogP contribution is -2.52. The minimum Gasteiger partial charge on any atom is -0.380 e. The second-order valence-corrected chi connectivity index (χ2v) is 6.97. The largest absolute Gasteiger partial charge is 0.380 e. The molecule has 2 amide bonds. The fourth-order valence-electron chi connectivity index (χ4n) is 2.71. The number of carbonyl (C=O) groups is 2. The first-order chi connectivity index (χ1) is 11.4. The van der Waals surface area contributed by atoms with Crippen molar-refractivity contribution in [3.8, 4) is 0 Å². The molecule has 0 unspecified atom stereocenters. The number of likely N-dealkylation sites (tertiary alicyclic amines) is 1. The van der Waals surface area contributed by atoms with E-state index in [1.165, 1.54) is 4.90 Å². The first kappa shape index (κ1) is 18.9. The van der Waals surface area contributed by atoms with Crippen molar-refractivity contribution >= 4 is 27.7 Å². The van der Waals surface area contributed by atoms with E-state index in [4.69, 9.17) is 0 Å². The van der Waals surface area contributed by atoms with E-state index in [0.29, 0.717) is 13.1 Å². The van der Waals surface area contributed by atoms with Gasteiger partial charge >= 0.3 is 0 Å². The van der Waals surface area contributed by atoms with Gasteiger partial charge in [0.2, 0.25) is 0 Å². The Morgan fingerprint density at radius 3 is 2.25 bits per heavy atom. The molecular formula is C17H23BrN2O4. The highest BCUT2D eigenvalue weighted by molar-refractivity contribution is 9.10. The number of aliphatic hydroxyl groups is 2. The summed E-state index contributed by atoms with van der Waals surface area (Å²) in [5, 5.41) is 22.6. The molecule has 6 nitrogen and oxygen atoms in total. The van der Waals surface area contributed by atoms with Crippen LogP contribution in [0.15, 0.2) is 28.7 Å². The van der Waals surface area contributed by atoms with Crippen LogP contribution >= 0.6 is 15.9 Å². The maximum Gasteiger partial charge on any atom is 0.254 e. The van der Waals surface area contributed by atoms with Gasteiger partial charge in [0.15, 0.2) is 12.2 Å². The van der Waals surface area contributed by atoms with Gasteiger partial charge < -0.3 is 20.4 Å². The van der Waals surface area contributed by atoms with E-state index < -0.39 is 24.0 Å². The predicted octanol–water partition coefficient (Wildman–Crippen LogP) is 1.36. The number of halogens is 1. The second-order valence-electron chi connectivity index (χ2n) is 6.06. The van der Waals surface area contributed by atoms with Crippen molar-refractivity contribution in [3.63, 3.8) is 0 Å². The fraction of sp³-hybridized carbons (Fsp3) is 0.529. The van der Waals surface area contributed by atoms with Crippen LogP contribution in [0.25, 0.3) is 0 Å². The Hall–Kier alpha value is -1.44. The van der Waals surface area contributed by atoms with Crippen LogP contribution in [0, 0.1) is 0 Å². The summed E-state index contributed by atoms with van der Waals surface area (Å²) in [5.74, 6) is -1.35. The van der Waals surface area contributed by atoms with Gasteiger partial charge in [-0.15, -0.1) is 0 Å². The lowest BCUT2D eigenvalue weighted by molar-refractivity contribution is -0.154. The van der Waals surface area contributed by atoms with Gasteiger partial charge in [0.05, 0.1) is 6.04 Å². The Morgan fingerprint density at radius 2 is 1.67 bits per heavy atom. The van der Waals surface area contributed by atoms with Crippen LogP contribution in [0.1, 0.15) is 37.8 Å². The third-order valence-electron chi connectivity index (χ3n) is 4.22. The van der Waals surface area contributed by atoms with Crippen LogP contribution in [0.5, 0.6) is 0 Å². The van der Waals surface area contributed by atoms with E-state index in [0.717, 1.165) is 29.3 Å². The Balaban J connectivity index is 1.92. The van der Waals surface area contributed by atoms with Crippen LogP contribution < -0.4 is 5.32 Å². The van der Waals surface area contributed by atoms with Gasteiger partial charge in [0, 0.05) is 17.6 Å². The molecule has 3 atom stereocenters. The monoisotopic (exact) mass is 398 g/mol. The van der Waals surface area contributed by atoms with Crippen molar-refractivity contribution < 1.29 is 19.8 Å². The number of nitrogens with one attached hydrogen (secondary N) is 1. The van der Waals surface area contributed by atoms with E-state index >= 15 is 0 Å². The molecular weight excluding hydrogens is 376 g/mol. The van der Waals surface area contributed by atoms with Crippen molar-refractivity contribution in [1.29, 1.82) is 0 Å². The lowest BCUT2D eigenvalue weighted by atomic mass is 10.1. The van der Waals surface area contributed by atoms with E-state index in [2.05, 4.69) is 21.2 Å². The Labute approximate surface area is 150 Å². The minimum atomic E-state index is -1.78. The summed E-state index contributed by atoms with van der Waals surface area (Å²) in [6, 6.07) is 7.04. The van der Waals surface area contributed by atoms with Gasteiger partial charge in [0.25, 0.3) is 11.8 Å². The molecule has 1 aromatic rings. The zero-order valence-electron chi connectivity index (χ0n) is 13.6. The number of piperidine rings is 1. The average Bonchev–Trinajstić information content (AvgIpc) is 2.61. The molecule has 1 aliphatic rings. The van der Waals surface area contributed by atoms with E-state index in [-0.39, 0.29) is 6.04 Å². The zero-order valence-corrected chi connectivity index (χ0v) is 15.2. The normalized spacial score (nSPS) is 18.6. The van der Waals surface area contributed by atoms with E-state index in [1.807, 2.05) is 24.3 Å². The topological polar surface area (TPSA) is 89.9 Å². The van der Waals surface area contributed by atoms with Gasteiger partial charge in [-0.25, -0.2) is 0 Å². The molecule has 132 valence electrons. The van der Waals surface area contributed by atoms with Crippen LogP contribution in [0.3, 0.4) is 0 Å². The number of hydrogen-bond acceptors (Lipinski definition) is 4. The smallest absolute Gasteiger partial charge is 0.254 e. The van der Waals surface area contributed by atoms with Crippen molar-refractivity contribution in [2.24, 2.45) is 0 Å². The summed E-state index contributed by atoms with van der Waals surface area (Å²) in [6.07, 6.45) is -0.714. The number of rotatable bonds is 5. The molecule has 0 aliphatic carbocycles. The first-order valence-corrected chi connectivity index (χ1v) is 8.90. The van der Waals surface area contributed by atoms with Crippen LogP contribution in [0.4, 0.5) is 0 Å². The summed E-state index contributed by atoms with van der Waals surface area (Å²) in [5.41, 5.74) is 0.857. The van der Waals surface area contributed by atoms with Crippen molar-refractivity contribution in [2.75, 3.05) is 13.1 Å². The summed E-state index contributed by atoms with van der Waals surface area (Å²) in [4.78, 5) is 25.8. The van der Waals surface area contributed by atoms with Crippen molar-refractivity contribution in [1.82, 2.24) is 10.2 Å². The summed E-state index contributed by atoms with van der Waals surface area (Å²) >= 11 is 3.34. The van der Waals surface area contributed by atoms with Crippen LogP contribution in [-0.4, -0.2) is 52.2 Å². The fourth-order valence-corrected chi connectivity index (χ4v) is 2.98. The molecule has 1 aromatic carbocycles. The quantitative estimate of drug-likeness (QED) is 0.698. The first-order valence-electron chi connectivity index (χ1n) is 8.11. The molecule has 3 N–H and O–H groups in total. The van der Waals surface area contributed by atoms with Gasteiger partial charge in [-0.05, 0) is 43.9 Å². The van der Waals surface area contributed by atoms with Crippen LogP contribution in [0.2, 0.25) is 0 Å². The molecule has 0 bridgehead atoms. The van der Waals surface area contributed by atoms with Crippen LogP contribution in [-0.2, 0) is 9.59 Å². The Bertz CT molecular complexity index is 572. The summed E-state index contributed by atoms with van der Waals surface area (Å²) in [6.45, 7) is 2.88. The van der Waals surface area contributed by atoms with Crippen molar-refractivity contribution in [3.05, 3.63) is 34.3 Å². The molecule has 1 fully saturated rings. The molecule has 24 heavy (non-hydrogen) atoms. The number of aliphatic hydroxyl groups excluding tert-OH is 2. The summed E-state index contributed by atoms with van der Waals surface area (Å²) in [7, 11) is 0. The standard InChI is InChI=1S/C17H23BrN2O4/c1-11(12-5-7-13(18)8-6-12)19-16(23)14(21)15(22)17(24)20-9-3-2-4-10-20/h5-8,11,14-15,21-22H,2-4,9-10H2,1H3,(H,19,23)/t11-,14+,15+/m1/s1. The third-order valence-corrected chi connectivity index (χ3v) is 4.75. The maximum atomic E-state index is 12.2. The number of hydrogen-bond donors (Lipinski definition) is 3. The van der Waals surface area contributed by atoms with E-state index in [1.54, 1.807) is 6.92 Å². The Kier molecular flexibility index (Phi) is 6.77. The molecule has 1 heterocycles. The highest BCUT2D eigenvalue weighted by Gasteiger charge is 2.34. The molecule has 0 aromatic heterocycles. The molecule has 0 saturated carbocycles. The van der Waals surface area contributed by atoms with Gasteiger partial charge in [-0.2, -0.15) is 0 Å². The minimum absolute atomic E-state index is 0.350. The van der Waals surface area contributed by atoms with Gasteiger partial charge in [-0.3, -0.25) is 9.59 Å². The Morgan fingerprint density at radius 1 is 1.08 bits per heavy atom. The second kappa shape index (κ2) is 8.60. The molecule has 1 aliphatic heterocycles. The van der Waals surface area contributed by atoms with Gasteiger partial charge in [0.1, 0.15) is 0 Å². The predicted molar refractivity (Wildman–Crippen MR) is 93.1 cm³/mol. The summed E-state index contributed by atoms with van der Waals surface area (Å²) < 4.78 is 0.923. The number of carbonyl (C=O) groups excluding carboxylic acids is 2. The molecule has 1 saturated heterocycles. The molecule has 0 radical (unpaired) electrons. The average molecular weight is 399 g/mol. The zero-order chi connectivity index (χ0) is 17.7. The van der Waals surface area contributed by atoms with Crippen molar-refractivity contribution in [2.45, 2.75) is 44.4 Å². The number of amides is 2. The maximum absolute atomic E-state index is 12.2. The number of benzene rings is 1. The number of nitrogens with zero attached hydrogens (tertiary/aromatic N) is 1. The molecule has 7 heteroatoms. The molecule has 0 spiro atoms. The highest BCUT2D eigenvalue weighted by Crippen LogP contribution is 2.17. The van der Waals surface area contributed by atoms with Gasteiger partial charge in [-0.1, -0.05) is 28.1 Å².